The SMILES string of the molecule is NC(=O)c1cnn(-c2ccc(F)c(F)c2)c1C(F)(F)F. The Morgan fingerprint density at radius 3 is 2.35 bits per heavy atom. The minimum Gasteiger partial charge on any atom is -0.365 e. The van der Waals surface area contributed by atoms with Crippen molar-refractivity contribution in [3.8, 4) is 5.69 Å². The molecule has 2 aromatic rings. The van der Waals surface area contributed by atoms with Crippen LogP contribution in [-0.4, -0.2) is 15.7 Å². The van der Waals surface area contributed by atoms with Crippen LogP contribution in [0.15, 0.2) is 24.4 Å². The van der Waals surface area contributed by atoms with Crippen molar-refractivity contribution in [2.75, 3.05) is 0 Å². The molecule has 0 aliphatic heterocycles. The molecule has 2 N–H and O–H groups in total. The minimum absolute atomic E-state index is 0.280. The van der Waals surface area contributed by atoms with Gasteiger partial charge in [-0.15, -0.1) is 0 Å². The predicted molar refractivity (Wildman–Crippen MR) is 57.0 cm³/mol. The van der Waals surface area contributed by atoms with Crippen LogP contribution >= 0.6 is 0 Å². The van der Waals surface area contributed by atoms with Gasteiger partial charge in [-0.25, -0.2) is 13.5 Å². The molecule has 1 aromatic heterocycles. The van der Waals surface area contributed by atoms with Crippen molar-refractivity contribution in [1.82, 2.24) is 9.78 Å². The number of aromatic nitrogens is 2. The maximum atomic E-state index is 13.1. The Morgan fingerprint density at radius 2 is 1.85 bits per heavy atom. The van der Waals surface area contributed by atoms with E-state index in [1.807, 2.05) is 0 Å². The van der Waals surface area contributed by atoms with Crippen molar-refractivity contribution in [1.29, 1.82) is 0 Å². The summed E-state index contributed by atoms with van der Waals surface area (Å²) in [6.45, 7) is 0. The number of carbonyl (C=O) groups excluding carboxylic acids is 1. The molecule has 0 fully saturated rings. The number of primary amides is 1. The first-order valence-corrected chi connectivity index (χ1v) is 5.12. The van der Waals surface area contributed by atoms with Crippen LogP contribution in [0.5, 0.6) is 0 Å². The van der Waals surface area contributed by atoms with Gasteiger partial charge in [0.2, 0.25) is 0 Å². The number of hydrogen-bond acceptors (Lipinski definition) is 2. The van der Waals surface area contributed by atoms with E-state index >= 15 is 0 Å². The van der Waals surface area contributed by atoms with E-state index in [0.717, 1.165) is 6.07 Å². The van der Waals surface area contributed by atoms with Gasteiger partial charge in [0.05, 0.1) is 17.4 Å². The molecule has 0 saturated carbocycles. The van der Waals surface area contributed by atoms with Crippen LogP contribution in [0, 0.1) is 11.6 Å². The number of rotatable bonds is 2. The highest BCUT2D eigenvalue weighted by atomic mass is 19.4. The molecular weight excluding hydrogens is 285 g/mol. The molecule has 1 aromatic carbocycles. The highest BCUT2D eigenvalue weighted by Crippen LogP contribution is 2.33. The van der Waals surface area contributed by atoms with Gasteiger partial charge in [0.25, 0.3) is 5.91 Å². The maximum Gasteiger partial charge on any atom is 0.434 e. The quantitative estimate of drug-likeness (QED) is 0.863. The van der Waals surface area contributed by atoms with Crippen LogP contribution in [0.25, 0.3) is 5.69 Å². The van der Waals surface area contributed by atoms with Crippen molar-refractivity contribution >= 4 is 5.91 Å². The van der Waals surface area contributed by atoms with E-state index in [1.165, 1.54) is 0 Å². The second kappa shape index (κ2) is 4.58. The van der Waals surface area contributed by atoms with Gasteiger partial charge in [-0.05, 0) is 12.1 Å². The van der Waals surface area contributed by atoms with Gasteiger partial charge in [-0.2, -0.15) is 18.3 Å². The standard InChI is InChI=1S/C11H6F5N3O/c12-7-2-1-5(3-8(7)13)19-9(11(14,15)16)6(4-18-19)10(17)20/h1-4H,(H2,17,20). The predicted octanol–water partition coefficient (Wildman–Crippen LogP) is 2.27. The van der Waals surface area contributed by atoms with Gasteiger partial charge in [0, 0.05) is 6.07 Å². The van der Waals surface area contributed by atoms with Crippen LogP contribution in [0.3, 0.4) is 0 Å². The third-order valence-corrected chi connectivity index (χ3v) is 2.45. The Morgan fingerprint density at radius 1 is 1.20 bits per heavy atom. The summed E-state index contributed by atoms with van der Waals surface area (Å²) < 4.78 is 64.9. The highest BCUT2D eigenvalue weighted by Gasteiger charge is 2.40. The van der Waals surface area contributed by atoms with E-state index in [2.05, 4.69) is 5.10 Å². The second-order valence-electron chi connectivity index (χ2n) is 3.78. The largest absolute Gasteiger partial charge is 0.434 e. The number of nitrogens with zero attached hydrogens (tertiary/aromatic N) is 2. The minimum atomic E-state index is -4.94. The Bertz CT molecular complexity index is 677. The lowest BCUT2D eigenvalue weighted by molar-refractivity contribution is -0.143. The highest BCUT2D eigenvalue weighted by molar-refractivity contribution is 5.94. The summed E-state index contributed by atoms with van der Waals surface area (Å²) in [4.78, 5) is 11.0. The van der Waals surface area contributed by atoms with E-state index in [4.69, 9.17) is 5.73 Å². The molecular formula is C11H6F5N3O. The zero-order valence-electron chi connectivity index (χ0n) is 9.58. The van der Waals surface area contributed by atoms with Gasteiger partial charge in [-0.3, -0.25) is 4.79 Å². The van der Waals surface area contributed by atoms with Crippen molar-refractivity contribution in [3.63, 3.8) is 0 Å². The Labute approximate surface area is 108 Å². The first-order valence-electron chi connectivity index (χ1n) is 5.12. The Balaban J connectivity index is 2.68. The summed E-state index contributed by atoms with van der Waals surface area (Å²) in [6.07, 6.45) is -4.32. The second-order valence-corrected chi connectivity index (χ2v) is 3.78. The molecule has 9 heteroatoms. The number of hydrogen-bond donors (Lipinski definition) is 1. The average Bonchev–Trinajstić information content (AvgIpc) is 2.77. The molecule has 0 aliphatic carbocycles. The van der Waals surface area contributed by atoms with Crippen LogP contribution < -0.4 is 5.73 Å². The lowest BCUT2D eigenvalue weighted by Gasteiger charge is -2.11. The fourth-order valence-electron chi connectivity index (χ4n) is 1.61. The van der Waals surface area contributed by atoms with Gasteiger partial charge in [0.1, 0.15) is 0 Å². The van der Waals surface area contributed by atoms with E-state index in [1.54, 1.807) is 0 Å². The van der Waals surface area contributed by atoms with Gasteiger partial charge < -0.3 is 5.73 Å². The zero-order chi connectivity index (χ0) is 15.1. The van der Waals surface area contributed by atoms with Crippen LogP contribution in [0.4, 0.5) is 22.0 Å². The molecule has 0 saturated heterocycles. The molecule has 4 nitrogen and oxygen atoms in total. The van der Waals surface area contributed by atoms with Gasteiger partial charge >= 0.3 is 6.18 Å². The summed E-state index contributed by atoms with van der Waals surface area (Å²) in [6, 6.07) is 2.07. The molecule has 0 radical (unpaired) electrons. The first-order chi connectivity index (χ1) is 9.21. The van der Waals surface area contributed by atoms with Crippen LogP contribution in [0.2, 0.25) is 0 Å². The smallest absolute Gasteiger partial charge is 0.365 e. The van der Waals surface area contributed by atoms with Gasteiger partial charge in [-0.1, -0.05) is 0 Å². The van der Waals surface area contributed by atoms with Gasteiger partial charge in [0.15, 0.2) is 17.3 Å². The number of benzene rings is 1. The summed E-state index contributed by atoms with van der Waals surface area (Å²) in [5.41, 5.74) is 2.14. The normalized spacial score (nSPS) is 11.7. The Kier molecular flexibility index (Phi) is 3.20. The zero-order valence-corrected chi connectivity index (χ0v) is 9.58. The molecule has 0 bridgehead atoms. The fraction of sp³-hybridized carbons (Fsp3) is 0.0909. The Hall–Kier alpha value is -2.45. The number of amides is 1. The lowest BCUT2D eigenvalue weighted by Crippen LogP contribution is -2.20. The van der Waals surface area contributed by atoms with Crippen LogP contribution in [0.1, 0.15) is 16.1 Å². The molecule has 0 unspecified atom stereocenters. The van der Waals surface area contributed by atoms with E-state index in [-0.39, 0.29) is 10.4 Å². The molecule has 1 amide bonds. The molecule has 20 heavy (non-hydrogen) atoms. The molecule has 2 rings (SSSR count). The van der Waals surface area contributed by atoms with Crippen molar-refractivity contribution in [2.24, 2.45) is 5.73 Å². The number of alkyl halides is 3. The third kappa shape index (κ3) is 2.33. The topological polar surface area (TPSA) is 60.9 Å². The van der Waals surface area contributed by atoms with Crippen LogP contribution in [-0.2, 0) is 6.18 Å². The maximum absolute atomic E-state index is 13.1. The van der Waals surface area contributed by atoms with E-state index in [0.29, 0.717) is 18.3 Å². The lowest BCUT2D eigenvalue weighted by atomic mass is 10.2. The summed E-state index contributed by atoms with van der Waals surface area (Å²) in [5.74, 6) is -3.89. The molecule has 0 aliphatic rings. The van der Waals surface area contributed by atoms with Crippen molar-refractivity contribution < 1.29 is 26.7 Å². The summed E-state index contributed by atoms with van der Waals surface area (Å²) in [7, 11) is 0. The monoisotopic (exact) mass is 291 g/mol. The van der Waals surface area contributed by atoms with E-state index in [9.17, 15) is 26.7 Å². The van der Waals surface area contributed by atoms with E-state index < -0.39 is 35.0 Å². The first kappa shape index (κ1) is 14.0. The third-order valence-electron chi connectivity index (χ3n) is 2.45. The number of carbonyl (C=O) groups is 1. The molecule has 1 heterocycles. The molecule has 106 valence electrons. The number of nitrogens with two attached hydrogens (primary N) is 1. The average molecular weight is 291 g/mol. The number of halogens is 5. The molecule has 0 atom stereocenters. The summed E-state index contributed by atoms with van der Waals surface area (Å²) in [5, 5.41) is 3.35. The van der Waals surface area contributed by atoms with Crippen molar-refractivity contribution in [3.05, 3.63) is 47.3 Å². The fourth-order valence-corrected chi connectivity index (χ4v) is 1.61. The van der Waals surface area contributed by atoms with Crippen molar-refractivity contribution in [2.45, 2.75) is 6.18 Å². The molecule has 0 spiro atoms. The summed E-state index contributed by atoms with van der Waals surface area (Å²) >= 11 is 0.